The van der Waals surface area contributed by atoms with Gasteiger partial charge >= 0.3 is 0 Å². The Morgan fingerprint density at radius 1 is 1.00 bits per heavy atom. The van der Waals surface area contributed by atoms with E-state index < -0.39 is 31.0 Å². The molecule has 8 nitrogen and oxygen atoms in total. The first-order valence-electron chi connectivity index (χ1n) is 6.30. The molecular formula is C12H28ClNO7. The molecule has 0 fully saturated rings. The molecule has 0 aromatic carbocycles. The van der Waals surface area contributed by atoms with Gasteiger partial charge in [0.15, 0.2) is 6.29 Å². The summed E-state index contributed by atoms with van der Waals surface area (Å²) in [4.78, 5) is 9.90. The molecule has 21 heavy (non-hydrogen) atoms. The standard InChI is InChI=1S/C6H16NO.C6H12O6.ClH/c1-7(2,3)5-4-6-8;7-1-3(9)5(11)6(12)4(10)2-8;/h8H,4-6H2,1-3H3;1,3-6,8-12H,2H2;1H/q+1;;/p-1. The van der Waals surface area contributed by atoms with Crippen LogP contribution in [0, 0.1) is 0 Å². The van der Waals surface area contributed by atoms with E-state index in [-0.39, 0.29) is 18.7 Å². The van der Waals surface area contributed by atoms with Crippen LogP contribution in [-0.4, -0.2) is 107 Å². The van der Waals surface area contributed by atoms with Crippen molar-refractivity contribution in [1.82, 2.24) is 0 Å². The van der Waals surface area contributed by atoms with Crippen LogP contribution in [0.15, 0.2) is 0 Å². The summed E-state index contributed by atoms with van der Waals surface area (Å²) in [5.41, 5.74) is 0. The number of nitrogens with zero attached hydrogens (tertiary/aromatic N) is 1. The Bertz CT molecular complexity index is 250. The maximum Gasteiger partial charge on any atom is 0.151 e. The van der Waals surface area contributed by atoms with E-state index in [2.05, 4.69) is 21.1 Å². The SMILES string of the molecule is C[N+](C)(C)CCCO.O=CC(O)C(O)C(O)C(O)CO.[Cl-]. The highest BCUT2D eigenvalue weighted by Gasteiger charge is 2.29. The molecule has 0 bridgehead atoms. The summed E-state index contributed by atoms with van der Waals surface area (Å²) in [5.74, 6) is 0. The molecule has 0 radical (unpaired) electrons. The van der Waals surface area contributed by atoms with Crippen LogP contribution in [0.25, 0.3) is 0 Å². The Balaban J connectivity index is -0.000000317. The summed E-state index contributed by atoms with van der Waals surface area (Å²) in [6.07, 6.45) is -5.93. The summed E-state index contributed by atoms with van der Waals surface area (Å²) < 4.78 is 0.945. The van der Waals surface area contributed by atoms with Crippen LogP contribution in [-0.2, 0) is 4.79 Å². The second-order valence-corrected chi connectivity index (χ2v) is 5.45. The molecule has 0 saturated heterocycles. The van der Waals surface area contributed by atoms with Gasteiger partial charge in [0, 0.05) is 13.0 Å². The van der Waals surface area contributed by atoms with E-state index in [0.717, 1.165) is 17.4 Å². The van der Waals surface area contributed by atoms with Crippen LogP contribution in [0.3, 0.4) is 0 Å². The Morgan fingerprint density at radius 2 is 1.48 bits per heavy atom. The fourth-order valence-electron chi connectivity index (χ4n) is 1.16. The van der Waals surface area contributed by atoms with Gasteiger partial charge in [-0.15, -0.1) is 0 Å². The molecule has 0 aliphatic carbocycles. The average Bonchev–Trinajstić information content (AvgIpc) is 2.41. The second kappa shape index (κ2) is 13.4. The number of carbonyl (C=O) groups excluding carboxylic acids is 1. The molecule has 0 spiro atoms. The third kappa shape index (κ3) is 14.4. The first-order chi connectivity index (χ1) is 9.10. The minimum atomic E-state index is -1.79. The van der Waals surface area contributed by atoms with Gasteiger partial charge in [0.05, 0.1) is 34.3 Å². The van der Waals surface area contributed by atoms with Crippen LogP contribution < -0.4 is 12.4 Å². The fourth-order valence-corrected chi connectivity index (χ4v) is 1.16. The Hall–Kier alpha value is -0.320. The Labute approximate surface area is 131 Å². The van der Waals surface area contributed by atoms with Crippen molar-refractivity contribution in [3.8, 4) is 0 Å². The monoisotopic (exact) mass is 333 g/mol. The van der Waals surface area contributed by atoms with Crippen molar-refractivity contribution in [2.75, 3.05) is 40.9 Å². The number of aliphatic hydroxyl groups is 6. The van der Waals surface area contributed by atoms with Crippen molar-refractivity contribution >= 4 is 6.29 Å². The molecule has 9 heteroatoms. The maximum absolute atomic E-state index is 9.90. The third-order valence-corrected chi connectivity index (χ3v) is 2.41. The van der Waals surface area contributed by atoms with Crippen molar-refractivity contribution < 1.29 is 52.3 Å². The minimum Gasteiger partial charge on any atom is -1.00 e. The highest BCUT2D eigenvalue weighted by atomic mass is 35.5. The number of hydrogen-bond donors (Lipinski definition) is 6. The third-order valence-electron chi connectivity index (χ3n) is 2.41. The lowest BCUT2D eigenvalue weighted by Gasteiger charge is -2.22. The molecule has 0 saturated carbocycles. The quantitative estimate of drug-likeness (QED) is 0.192. The van der Waals surface area contributed by atoms with E-state index in [1.54, 1.807) is 0 Å². The van der Waals surface area contributed by atoms with E-state index >= 15 is 0 Å². The van der Waals surface area contributed by atoms with E-state index in [0.29, 0.717) is 6.61 Å². The molecule has 0 aromatic heterocycles. The van der Waals surface area contributed by atoms with Crippen LogP contribution in [0.5, 0.6) is 0 Å². The minimum absolute atomic E-state index is 0. The maximum atomic E-state index is 9.90. The topological polar surface area (TPSA) is 138 Å². The van der Waals surface area contributed by atoms with Crippen molar-refractivity contribution in [1.29, 1.82) is 0 Å². The molecular weight excluding hydrogens is 306 g/mol. The highest BCUT2D eigenvalue weighted by molar-refractivity contribution is 5.56. The number of aliphatic hydroxyl groups excluding tert-OH is 6. The number of halogens is 1. The fraction of sp³-hybridized carbons (Fsp3) is 0.917. The molecule has 0 amide bonds. The van der Waals surface area contributed by atoms with Gasteiger partial charge in [-0.25, -0.2) is 0 Å². The van der Waals surface area contributed by atoms with Crippen LogP contribution in [0.4, 0.5) is 0 Å². The van der Waals surface area contributed by atoms with Crippen LogP contribution in [0.1, 0.15) is 6.42 Å². The molecule has 4 unspecified atom stereocenters. The van der Waals surface area contributed by atoms with E-state index in [9.17, 15) is 4.79 Å². The van der Waals surface area contributed by atoms with Gasteiger partial charge in [0.25, 0.3) is 0 Å². The molecule has 0 heterocycles. The van der Waals surface area contributed by atoms with E-state index in [1.165, 1.54) is 0 Å². The zero-order valence-corrected chi connectivity index (χ0v) is 13.4. The number of rotatable bonds is 8. The number of aldehydes is 1. The number of hydrogen-bond acceptors (Lipinski definition) is 7. The molecule has 0 aliphatic heterocycles. The summed E-state index contributed by atoms with van der Waals surface area (Å²) in [5, 5.41) is 52.0. The summed E-state index contributed by atoms with van der Waals surface area (Å²) >= 11 is 0. The first kappa shape index (κ1) is 25.6. The molecule has 4 atom stereocenters. The van der Waals surface area contributed by atoms with Crippen molar-refractivity contribution in [3.63, 3.8) is 0 Å². The Morgan fingerprint density at radius 3 is 1.71 bits per heavy atom. The van der Waals surface area contributed by atoms with Gasteiger partial charge < -0.3 is 52.3 Å². The van der Waals surface area contributed by atoms with Gasteiger partial charge in [0.1, 0.15) is 24.4 Å². The highest BCUT2D eigenvalue weighted by Crippen LogP contribution is 2.02. The summed E-state index contributed by atoms with van der Waals surface area (Å²) in [7, 11) is 6.36. The zero-order valence-electron chi connectivity index (χ0n) is 12.6. The lowest BCUT2D eigenvalue weighted by Crippen LogP contribution is -3.00. The predicted molar refractivity (Wildman–Crippen MR) is 71.8 cm³/mol. The van der Waals surface area contributed by atoms with Crippen molar-refractivity contribution in [3.05, 3.63) is 0 Å². The van der Waals surface area contributed by atoms with Crippen molar-refractivity contribution in [2.45, 2.75) is 30.8 Å². The van der Waals surface area contributed by atoms with Gasteiger partial charge in [-0.3, -0.25) is 0 Å². The normalized spacial score (nSPS) is 16.6. The molecule has 0 rings (SSSR count). The van der Waals surface area contributed by atoms with E-state index in [4.69, 9.17) is 30.6 Å². The number of quaternary nitrogens is 1. The van der Waals surface area contributed by atoms with Crippen molar-refractivity contribution in [2.24, 2.45) is 0 Å². The second-order valence-electron chi connectivity index (χ2n) is 5.45. The predicted octanol–water partition coefficient (Wildman–Crippen LogP) is -6.30. The van der Waals surface area contributed by atoms with Gasteiger partial charge in [-0.05, 0) is 0 Å². The molecule has 0 aliphatic rings. The largest absolute Gasteiger partial charge is 1.00 e. The molecule has 6 N–H and O–H groups in total. The van der Waals surface area contributed by atoms with E-state index in [1.807, 2.05) is 0 Å². The van der Waals surface area contributed by atoms with Gasteiger partial charge in [-0.1, -0.05) is 0 Å². The lowest BCUT2D eigenvalue weighted by molar-refractivity contribution is -0.870. The number of carbonyl (C=O) groups is 1. The van der Waals surface area contributed by atoms with Gasteiger partial charge in [-0.2, -0.15) is 0 Å². The Kier molecular flexibility index (Phi) is 16.3. The first-order valence-corrected chi connectivity index (χ1v) is 6.30. The van der Waals surface area contributed by atoms with Gasteiger partial charge in [0.2, 0.25) is 0 Å². The average molecular weight is 334 g/mol. The smallest absolute Gasteiger partial charge is 0.151 e. The lowest BCUT2D eigenvalue weighted by atomic mass is 10.0. The molecule has 0 aromatic rings. The molecule has 130 valence electrons. The van der Waals surface area contributed by atoms with Crippen LogP contribution >= 0.6 is 0 Å². The zero-order chi connectivity index (χ0) is 16.3. The van der Waals surface area contributed by atoms with Crippen LogP contribution in [0.2, 0.25) is 0 Å². The summed E-state index contributed by atoms with van der Waals surface area (Å²) in [6.45, 7) is 0.607. The summed E-state index contributed by atoms with van der Waals surface area (Å²) in [6, 6.07) is 0.